The number of carbonyl (C=O) groups excluding carboxylic acids is 2. The molecule has 3 N–H and O–H groups in total. The number of halogens is 1. The number of benzene rings is 2. The zero-order valence-electron chi connectivity index (χ0n) is 15.6. The van der Waals surface area contributed by atoms with Gasteiger partial charge in [-0.25, -0.2) is 0 Å². The first-order chi connectivity index (χ1) is 13.2. The summed E-state index contributed by atoms with van der Waals surface area (Å²) >= 11 is 0. The summed E-state index contributed by atoms with van der Waals surface area (Å²) in [5, 5.41) is 8.74. The number of amides is 2. The third kappa shape index (κ3) is 5.95. The van der Waals surface area contributed by atoms with Gasteiger partial charge in [0.25, 0.3) is 11.8 Å². The minimum atomic E-state index is -0.499. The molecule has 28 heavy (non-hydrogen) atoms. The minimum absolute atomic E-state index is 0. The van der Waals surface area contributed by atoms with Gasteiger partial charge in [0, 0.05) is 30.0 Å². The van der Waals surface area contributed by atoms with Crippen LogP contribution in [-0.2, 0) is 9.53 Å². The molecule has 1 aliphatic rings. The Kier molecular flexibility index (Phi) is 8.25. The maximum Gasteiger partial charge on any atom is 0.255 e. The van der Waals surface area contributed by atoms with Gasteiger partial charge in [-0.15, -0.1) is 12.4 Å². The predicted molar refractivity (Wildman–Crippen MR) is 110 cm³/mol. The van der Waals surface area contributed by atoms with Crippen molar-refractivity contribution in [2.75, 3.05) is 36.9 Å². The highest BCUT2D eigenvalue weighted by molar-refractivity contribution is 6.04. The Balaban J connectivity index is 0.00000280. The lowest BCUT2D eigenvalue weighted by Crippen LogP contribution is -2.45. The van der Waals surface area contributed by atoms with Crippen molar-refractivity contribution in [3.8, 4) is 5.75 Å². The number of rotatable bonds is 6. The molecular formula is C20H24ClN3O4. The van der Waals surface area contributed by atoms with Crippen molar-refractivity contribution >= 4 is 35.6 Å². The Morgan fingerprint density at radius 3 is 2.32 bits per heavy atom. The molecule has 150 valence electrons. The average Bonchev–Trinajstić information content (AvgIpc) is 2.71. The van der Waals surface area contributed by atoms with Gasteiger partial charge < -0.3 is 25.4 Å². The molecule has 0 aliphatic carbocycles. The molecule has 0 bridgehead atoms. The Labute approximate surface area is 170 Å². The fourth-order valence-corrected chi connectivity index (χ4v) is 2.67. The quantitative estimate of drug-likeness (QED) is 0.687. The van der Waals surface area contributed by atoms with E-state index in [1.165, 1.54) is 0 Å². The van der Waals surface area contributed by atoms with Crippen molar-refractivity contribution in [2.45, 2.75) is 13.0 Å². The summed E-state index contributed by atoms with van der Waals surface area (Å²) in [5.74, 6) is 0.332. The second-order valence-corrected chi connectivity index (χ2v) is 6.04. The van der Waals surface area contributed by atoms with Gasteiger partial charge in [0.1, 0.15) is 11.9 Å². The molecule has 1 heterocycles. The number of hydrogen-bond donors (Lipinski definition) is 3. The van der Waals surface area contributed by atoms with Crippen LogP contribution < -0.4 is 20.7 Å². The molecule has 7 nitrogen and oxygen atoms in total. The van der Waals surface area contributed by atoms with E-state index in [4.69, 9.17) is 9.47 Å². The molecule has 1 fully saturated rings. The average molecular weight is 406 g/mol. The zero-order chi connectivity index (χ0) is 19.1. The van der Waals surface area contributed by atoms with Crippen molar-refractivity contribution in [1.29, 1.82) is 0 Å². The van der Waals surface area contributed by atoms with Crippen molar-refractivity contribution in [3.63, 3.8) is 0 Å². The number of anilines is 2. The number of nitrogens with one attached hydrogen (secondary N) is 3. The summed E-state index contributed by atoms with van der Waals surface area (Å²) < 4.78 is 10.8. The van der Waals surface area contributed by atoms with Gasteiger partial charge in [-0.1, -0.05) is 0 Å². The van der Waals surface area contributed by atoms with Crippen LogP contribution in [0, 0.1) is 0 Å². The van der Waals surface area contributed by atoms with Crippen molar-refractivity contribution in [3.05, 3.63) is 54.1 Å². The van der Waals surface area contributed by atoms with E-state index in [0.717, 1.165) is 12.3 Å². The third-order valence-electron chi connectivity index (χ3n) is 4.06. The van der Waals surface area contributed by atoms with Gasteiger partial charge in [0.15, 0.2) is 0 Å². The molecule has 8 heteroatoms. The van der Waals surface area contributed by atoms with E-state index in [9.17, 15) is 9.59 Å². The summed E-state index contributed by atoms with van der Waals surface area (Å²) in [5.41, 5.74) is 1.80. The van der Waals surface area contributed by atoms with Crippen LogP contribution in [0.1, 0.15) is 17.3 Å². The van der Waals surface area contributed by atoms with Crippen LogP contribution in [0.25, 0.3) is 0 Å². The first-order valence-electron chi connectivity index (χ1n) is 8.93. The Morgan fingerprint density at radius 2 is 1.71 bits per heavy atom. The molecule has 2 aromatic carbocycles. The highest BCUT2D eigenvalue weighted by atomic mass is 35.5. The largest absolute Gasteiger partial charge is 0.494 e. The van der Waals surface area contributed by atoms with Crippen LogP contribution in [-0.4, -0.2) is 44.2 Å². The van der Waals surface area contributed by atoms with Gasteiger partial charge in [-0.05, 0) is 55.5 Å². The summed E-state index contributed by atoms with van der Waals surface area (Å²) in [6, 6.07) is 13.9. The molecule has 0 saturated carbocycles. The molecule has 2 aromatic rings. The molecule has 2 amide bonds. The number of carbonyl (C=O) groups is 2. The van der Waals surface area contributed by atoms with Gasteiger partial charge >= 0.3 is 0 Å². The summed E-state index contributed by atoms with van der Waals surface area (Å²) in [4.78, 5) is 24.5. The highest BCUT2D eigenvalue weighted by Crippen LogP contribution is 2.17. The van der Waals surface area contributed by atoms with Gasteiger partial charge in [-0.3, -0.25) is 9.59 Å². The summed E-state index contributed by atoms with van der Waals surface area (Å²) in [6.07, 6.45) is -0.499. The highest BCUT2D eigenvalue weighted by Gasteiger charge is 2.21. The lowest BCUT2D eigenvalue weighted by Gasteiger charge is -2.22. The molecular weight excluding hydrogens is 382 g/mol. The van der Waals surface area contributed by atoms with E-state index in [-0.39, 0.29) is 24.2 Å². The maximum absolute atomic E-state index is 12.3. The number of ether oxygens (including phenoxy) is 2. The minimum Gasteiger partial charge on any atom is -0.494 e. The summed E-state index contributed by atoms with van der Waals surface area (Å²) in [6.45, 7) is 4.28. The lowest BCUT2D eigenvalue weighted by molar-refractivity contribution is -0.128. The fraction of sp³-hybridized carbons (Fsp3) is 0.300. The van der Waals surface area contributed by atoms with Crippen LogP contribution >= 0.6 is 12.4 Å². The van der Waals surface area contributed by atoms with E-state index < -0.39 is 6.10 Å². The topological polar surface area (TPSA) is 88.7 Å². The molecule has 0 radical (unpaired) electrons. The van der Waals surface area contributed by atoms with Crippen molar-refractivity contribution in [1.82, 2.24) is 5.32 Å². The van der Waals surface area contributed by atoms with Crippen LogP contribution in [0.15, 0.2) is 48.5 Å². The molecule has 0 unspecified atom stereocenters. The van der Waals surface area contributed by atoms with Gasteiger partial charge in [0.2, 0.25) is 0 Å². The first-order valence-corrected chi connectivity index (χ1v) is 8.93. The second-order valence-electron chi connectivity index (χ2n) is 6.04. The molecule has 1 atom stereocenters. The second kappa shape index (κ2) is 10.7. The molecule has 1 saturated heterocycles. The van der Waals surface area contributed by atoms with Gasteiger partial charge in [0.05, 0.1) is 13.2 Å². The smallest absolute Gasteiger partial charge is 0.255 e. The lowest BCUT2D eigenvalue weighted by atomic mass is 10.1. The van der Waals surface area contributed by atoms with E-state index >= 15 is 0 Å². The van der Waals surface area contributed by atoms with E-state index in [1.807, 2.05) is 6.92 Å². The molecule has 0 spiro atoms. The SMILES string of the molecule is CCOc1ccc(NC(=O)c2ccc(NC(=O)[C@H]3CNCCO3)cc2)cc1.Cl. The molecule has 1 aliphatic heterocycles. The number of morpholine rings is 1. The third-order valence-corrected chi connectivity index (χ3v) is 4.06. The van der Waals surface area contributed by atoms with Crippen molar-refractivity contribution in [2.24, 2.45) is 0 Å². The fourth-order valence-electron chi connectivity index (χ4n) is 2.67. The maximum atomic E-state index is 12.3. The summed E-state index contributed by atoms with van der Waals surface area (Å²) in [7, 11) is 0. The van der Waals surface area contributed by atoms with Crippen molar-refractivity contribution < 1.29 is 19.1 Å². The Bertz CT molecular complexity index is 775. The number of hydrogen-bond acceptors (Lipinski definition) is 5. The monoisotopic (exact) mass is 405 g/mol. The Hall–Kier alpha value is -2.61. The van der Waals surface area contributed by atoms with E-state index in [1.54, 1.807) is 48.5 Å². The van der Waals surface area contributed by atoms with Crippen LogP contribution in [0.2, 0.25) is 0 Å². The zero-order valence-corrected chi connectivity index (χ0v) is 16.4. The van der Waals surface area contributed by atoms with Gasteiger partial charge in [-0.2, -0.15) is 0 Å². The van der Waals surface area contributed by atoms with E-state index in [2.05, 4.69) is 16.0 Å². The van der Waals surface area contributed by atoms with Crippen LogP contribution in [0.4, 0.5) is 11.4 Å². The van der Waals surface area contributed by atoms with Crippen LogP contribution in [0.5, 0.6) is 5.75 Å². The normalized spacial score (nSPS) is 15.8. The predicted octanol–water partition coefficient (Wildman–Crippen LogP) is 2.69. The standard InChI is InChI=1S/C20H23N3O4.ClH/c1-2-26-17-9-7-16(8-10-17)22-19(24)14-3-5-15(6-4-14)23-20(25)18-13-21-11-12-27-18;/h3-10,18,21H,2,11-13H2,1H3,(H,22,24)(H,23,25);1H/t18-;/m1./s1. The molecule has 3 rings (SSSR count). The van der Waals surface area contributed by atoms with Crippen LogP contribution in [0.3, 0.4) is 0 Å². The van der Waals surface area contributed by atoms with E-state index in [0.29, 0.717) is 36.7 Å². The first kappa shape index (κ1) is 21.7. The Morgan fingerprint density at radius 1 is 1.07 bits per heavy atom. The molecule has 0 aromatic heterocycles.